The second-order valence-electron chi connectivity index (χ2n) is 4.62. The number of para-hydroxylation sites is 1. The Morgan fingerprint density at radius 3 is 2.70 bits per heavy atom. The second-order valence-corrected chi connectivity index (χ2v) is 5.65. The molecule has 108 valence electrons. The summed E-state index contributed by atoms with van der Waals surface area (Å²) in [6.07, 6.45) is 0. The first-order chi connectivity index (χ1) is 9.76. The summed E-state index contributed by atoms with van der Waals surface area (Å²) in [6.45, 7) is 7.25. The first-order valence-corrected chi connectivity index (χ1v) is 7.89. The molecule has 0 amide bonds. The standard InChI is InChI=1S/C16H21FN2S/c1-3-18-11-13-7-5-9-15(17)16(13)19(4-2)12-14-8-6-10-20-14/h5-10,18H,3-4,11-12H2,1-2H3. The van der Waals surface area contributed by atoms with E-state index in [-0.39, 0.29) is 5.82 Å². The smallest absolute Gasteiger partial charge is 0.146 e. The van der Waals surface area contributed by atoms with Crippen LogP contribution in [0.2, 0.25) is 0 Å². The largest absolute Gasteiger partial charge is 0.364 e. The van der Waals surface area contributed by atoms with E-state index >= 15 is 0 Å². The summed E-state index contributed by atoms with van der Waals surface area (Å²) in [5, 5.41) is 5.34. The molecule has 0 saturated carbocycles. The van der Waals surface area contributed by atoms with Gasteiger partial charge >= 0.3 is 0 Å². The fraction of sp³-hybridized carbons (Fsp3) is 0.375. The van der Waals surface area contributed by atoms with Crippen molar-refractivity contribution >= 4 is 17.0 Å². The summed E-state index contributed by atoms with van der Waals surface area (Å²) < 4.78 is 14.3. The van der Waals surface area contributed by atoms with E-state index in [9.17, 15) is 4.39 Å². The zero-order valence-corrected chi connectivity index (χ0v) is 12.8. The average molecular weight is 292 g/mol. The van der Waals surface area contributed by atoms with Gasteiger partial charge in [-0.1, -0.05) is 25.1 Å². The van der Waals surface area contributed by atoms with Crippen LogP contribution in [-0.2, 0) is 13.1 Å². The highest BCUT2D eigenvalue weighted by atomic mass is 32.1. The number of anilines is 1. The summed E-state index contributed by atoms with van der Waals surface area (Å²) in [6, 6.07) is 9.46. The monoisotopic (exact) mass is 292 g/mol. The summed E-state index contributed by atoms with van der Waals surface area (Å²) in [5.74, 6) is -0.140. The van der Waals surface area contributed by atoms with Gasteiger partial charge in [0.15, 0.2) is 0 Å². The Morgan fingerprint density at radius 2 is 2.05 bits per heavy atom. The van der Waals surface area contributed by atoms with Crippen LogP contribution >= 0.6 is 11.3 Å². The molecule has 1 aromatic heterocycles. The van der Waals surface area contributed by atoms with E-state index < -0.39 is 0 Å². The Labute approximate surface area is 124 Å². The zero-order valence-electron chi connectivity index (χ0n) is 12.0. The van der Waals surface area contributed by atoms with E-state index in [1.807, 2.05) is 12.1 Å². The van der Waals surface area contributed by atoms with Gasteiger partial charge in [0.2, 0.25) is 0 Å². The van der Waals surface area contributed by atoms with Crippen LogP contribution in [0.1, 0.15) is 24.3 Å². The van der Waals surface area contributed by atoms with Gasteiger partial charge in [-0.15, -0.1) is 11.3 Å². The van der Waals surface area contributed by atoms with Gasteiger partial charge in [0, 0.05) is 18.0 Å². The minimum Gasteiger partial charge on any atom is -0.364 e. The van der Waals surface area contributed by atoms with Crippen LogP contribution in [0.3, 0.4) is 0 Å². The van der Waals surface area contributed by atoms with Gasteiger partial charge in [-0.05, 0) is 36.5 Å². The number of thiophene rings is 1. The highest BCUT2D eigenvalue weighted by Gasteiger charge is 2.15. The number of hydrogen-bond acceptors (Lipinski definition) is 3. The van der Waals surface area contributed by atoms with Crippen LogP contribution in [0.15, 0.2) is 35.7 Å². The molecule has 2 nitrogen and oxygen atoms in total. The lowest BCUT2D eigenvalue weighted by Gasteiger charge is -2.26. The second kappa shape index (κ2) is 7.41. The molecule has 1 aromatic carbocycles. The van der Waals surface area contributed by atoms with Gasteiger partial charge in [0.1, 0.15) is 5.82 Å². The fourth-order valence-electron chi connectivity index (χ4n) is 2.26. The average Bonchev–Trinajstić information content (AvgIpc) is 2.96. The van der Waals surface area contributed by atoms with Crippen LogP contribution in [0, 0.1) is 5.82 Å². The summed E-state index contributed by atoms with van der Waals surface area (Å²) >= 11 is 1.71. The Morgan fingerprint density at radius 1 is 1.20 bits per heavy atom. The predicted octanol–water partition coefficient (Wildman–Crippen LogP) is 4.02. The molecule has 20 heavy (non-hydrogen) atoms. The molecule has 0 fully saturated rings. The van der Waals surface area contributed by atoms with Crippen molar-refractivity contribution in [3.63, 3.8) is 0 Å². The van der Waals surface area contributed by atoms with Gasteiger partial charge in [-0.3, -0.25) is 0 Å². The number of benzene rings is 1. The lowest BCUT2D eigenvalue weighted by Crippen LogP contribution is -2.25. The maximum atomic E-state index is 14.3. The topological polar surface area (TPSA) is 15.3 Å². The van der Waals surface area contributed by atoms with Crippen molar-refractivity contribution in [3.05, 3.63) is 52.0 Å². The molecule has 2 aromatic rings. The van der Waals surface area contributed by atoms with Crippen molar-refractivity contribution in [1.82, 2.24) is 5.32 Å². The highest BCUT2D eigenvalue weighted by Crippen LogP contribution is 2.27. The van der Waals surface area contributed by atoms with Crippen molar-refractivity contribution < 1.29 is 4.39 Å². The molecule has 0 saturated heterocycles. The quantitative estimate of drug-likeness (QED) is 0.829. The SMILES string of the molecule is CCNCc1cccc(F)c1N(CC)Cc1cccs1. The molecular formula is C16H21FN2S. The predicted molar refractivity (Wildman–Crippen MR) is 84.8 cm³/mol. The van der Waals surface area contributed by atoms with E-state index in [0.29, 0.717) is 6.54 Å². The minimum absolute atomic E-state index is 0.140. The Balaban J connectivity index is 2.27. The van der Waals surface area contributed by atoms with Gasteiger partial charge in [0.25, 0.3) is 0 Å². The van der Waals surface area contributed by atoms with Crippen molar-refractivity contribution in [1.29, 1.82) is 0 Å². The van der Waals surface area contributed by atoms with E-state index in [4.69, 9.17) is 0 Å². The van der Waals surface area contributed by atoms with E-state index in [2.05, 4.69) is 35.5 Å². The lowest BCUT2D eigenvalue weighted by molar-refractivity contribution is 0.611. The van der Waals surface area contributed by atoms with E-state index in [1.54, 1.807) is 23.5 Å². The normalized spacial score (nSPS) is 10.8. The first-order valence-electron chi connectivity index (χ1n) is 7.01. The minimum atomic E-state index is -0.140. The summed E-state index contributed by atoms with van der Waals surface area (Å²) in [5.41, 5.74) is 1.75. The Hall–Kier alpha value is -1.39. The Kier molecular flexibility index (Phi) is 5.56. The zero-order chi connectivity index (χ0) is 14.4. The third-order valence-corrected chi connectivity index (χ3v) is 4.12. The number of halogens is 1. The number of rotatable bonds is 7. The van der Waals surface area contributed by atoms with Gasteiger partial charge in [0.05, 0.1) is 12.2 Å². The highest BCUT2D eigenvalue weighted by molar-refractivity contribution is 7.09. The molecule has 0 aliphatic carbocycles. The lowest BCUT2D eigenvalue weighted by atomic mass is 10.1. The number of nitrogens with one attached hydrogen (secondary N) is 1. The molecule has 1 N–H and O–H groups in total. The van der Waals surface area contributed by atoms with Crippen LogP contribution in [0.5, 0.6) is 0 Å². The van der Waals surface area contributed by atoms with Crippen LogP contribution in [0.25, 0.3) is 0 Å². The molecule has 2 rings (SSSR count). The summed E-state index contributed by atoms with van der Waals surface area (Å²) in [7, 11) is 0. The van der Waals surface area contributed by atoms with Crippen molar-refractivity contribution in [2.24, 2.45) is 0 Å². The molecule has 0 aliphatic rings. The van der Waals surface area contributed by atoms with Gasteiger partial charge in [-0.2, -0.15) is 0 Å². The maximum Gasteiger partial charge on any atom is 0.146 e. The number of hydrogen-bond donors (Lipinski definition) is 1. The molecule has 0 atom stereocenters. The van der Waals surface area contributed by atoms with Crippen molar-refractivity contribution in [2.45, 2.75) is 26.9 Å². The third kappa shape index (κ3) is 3.58. The molecule has 0 unspecified atom stereocenters. The van der Waals surface area contributed by atoms with Crippen LogP contribution in [0.4, 0.5) is 10.1 Å². The molecule has 0 radical (unpaired) electrons. The van der Waals surface area contributed by atoms with Crippen molar-refractivity contribution in [3.8, 4) is 0 Å². The summed E-state index contributed by atoms with van der Waals surface area (Å²) in [4.78, 5) is 3.36. The number of nitrogens with zero attached hydrogens (tertiary/aromatic N) is 1. The molecule has 0 spiro atoms. The van der Waals surface area contributed by atoms with Crippen LogP contribution in [-0.4, -0.2) is 13.1 Å². The van der Waals surface area contributed by atoms with Crippen LogP contribution < -0.4 is 10.2 Å². The molecule has 4 heteroatoms. The Bertz CT molecular complexity index is 525. The van der Waals surface area contributed by atoms with Crippen molar-refractivity contribution in [2.75, 3.05) is 18.0 Å². The molecule has 1 heterocycles. The molecule has 0 aliphatic heterocycles. The molecule has 0 bridgehead atoms. The fourth-order valence-corrected chi connectivity index (χ4v) is 2.98. The maximum absolute atomic E-state index is 14.3. The van der Waals surface area contributed by atoms with E-state index in [1.165, 1.54) is 4.88 Å². The van der Waals surface area contributed by atoms with Gasteiger partial charge < -0.3 is 10.2 Å². The first kappa shape index (κ1) is 15.0. The third-order valence-electron chi connectivity index (χ3n) is 3.26. The van der Waals surface area contributed by atoms with E-state index in [0.717, 1.165) is 30.9 Å². The molecular weight excluding hydrogens is 271 g/mol. The van der Waals surface area contributed by atoms with Gasteiger partial charge in [-0.25, -0.2) is 4.39 Å².